The molecular weight excluding hydrogens is 439 g/mol. The van der Waals surface area contributed by atoms with Crippen LogP contribution in [0, 0.1) is 5.82 Å². The van der Waals surface area contributed by atoms with Crippen LogP contribution in [0.5, 0.6) is 5.75 Å². The molecule has 0 aliphatic carbocycles. The van der Waals surface area contributed by atoms with Gasteiger partial charge in [0.05, 0.1) is 18.5 Å². The minimum atomic E-state index is -0.558. The molecule has 0 atom stereocenters. The fourth-order valence-electron chi connectivity index (χ4n) is 3.19. The number of aromatic nitrogens is 2. The minimum Gasteiger partial charge on any atom is -0.495 e. The number of hydrogen-bond donors (Lipinski definition) is 2. The summed E-state index contributed by atoms with van der Waals surface area (Å²) in [6, 6.07) is 21.2. The van der Waals surface area contributed by atoms with Crippen LogP contribution in [-0.4, -0.2) is 28.7 Å². The van der Waals surface area contributed by atoms with Gasteiger partial charge in [0.2, 0.25) is 0 Å². The van der Waals surface area contributed by atoms with Crippen molar-refractivity contribution in [2.45, 2.75) is 0 Å². The van der Waals surface area contributed by atoms with Gasteiger partial charge in [-0.15, -0.1) is 0 Å². The van der Waals surface area contributed by atoms with E-state index in [4.69, 9.17) is 4.74 Å². The predicted octanol–water partition coefficient (Wildman–Crippen LogP) is 3.88. The zero-order valence-electron chi connectivity index (χ0n) is 18.0. The van der Waals surface area contributed by atoms with Crippen molar-refractivity contribution >= 4 is 23.2 Å². The van der Waals surface area contributed by atoms with E-state index in [0.717, 1.165) is 10.7 Å². The maximum Gasteiger partial charge on any atom is 0.276 e. The van der Waals surface area contributed by atoms with Crippen molar-refractivity contribution < 1.29 is 18.7 Å². The second-order valence-corrected chi connectivity index (χ2v) is 7.14. The summed E-state index contributed by atoms with van der Waals surface area (Å²) < 4.78 is 19.9. The van der Waals surface area contributed by atoms with Crippen LogP contribution in [0.1, 0.15) is 20.8 Å². The lowest BCUT2D eigenvalue weighted by atomic mass is 10.2. The largest absolute Gasteiger partial charge is 0.495 e. The quantitative estimate of drug-likeness (QED) is 0.457. The molecule has 9 heteroatoms. The van der Waals surface area contributed by atoms with Gasteiger partial charge in [-0.05, 0) is 54.6 Å². The van der Waals surface area contributed by atoms with E-state index in [0.29, 0.717) is 17.1 Å². The maximum absolute atomic E-state index is 13.5. The third-order valence-corrected chi connectivity index (χ3v) is 4.83. The van der Waals surface area contributed by atoms with Gasteiger partial charge in [0.1, 0.15) is 17.3 Å². The Morgan fingerprint density at radius 3 is 2.41 bits per heavy atom. The van der Waals surface area contributed by atoms with E-state index in [2.05, 4.69) is 15.7 Å². The van der Waals surface area contributed by atoms with E-state index in [1.54, 1.807) is 42.5 Å². The Balaban J connectivity index is 1.57. The highest BCUT2D eigenvalue weighted by Gasteiger charge is 2.15. The van der Waals surface area contributed by atoms with Gasteiger partial charge >= 0.3 is 0 Å². The van der Waals surface area contributed by atoms with Crippen LogP contribution in [0.2, 0.25) is 0 Å². The number of hydrogen-bond acceptors (Lipinski definition) is 5. The summed E-state index contributed by atoms with van der Waals surface area (Å²) in [7, 11) is 1.43. The highest BCUT2D eigenvalue weighted by atomic mass is 19.1. The zero-order valence-corrected chi connectivity index (χ0v) is 18.0. The Labute approximate surface area is 193 Å². The second-order valence-electron chi connectivity index (χ2n) is 7.14. The maximum atomic E-state index is 13.5. The summed E-state index contributed by atoms with van der Waals surface area (Å²) in [5.74, 6) is -1.29. The van der Waals surface area contributed by atoms with Gasteiger partial charge in [0, 0.05) is 17.3 Å². The average molecular weight is 458 g/mol. The lowest BCUT2D eigenvalue weighted by Crippen LogP contribution is -2.24. The second kappa shape index (κ2) is 9.78. The Kier molecular flexibility index (Phi) is 6.45. The number of para-hydroxylation sites is 1. The Hall–Kier alpha value is -4.79. The monoisotopic (exact) mass is 458 g/mol. The summed E-state index contributed by atoms with van der Waals surface area (Å²) in [5, 5.41) is 9.49. The van der Waals surface area contributed by atoms with Gasteiger partial charge in [0.25, 0.3) is 17.4 Å². The molecule has 0 aliphatic heterocycles. The molecule has 2 amide bonds. The molecule has 0 fully saturated rings. The lowest BCUT2D eigenvalue weighted by molar-refractivity contribution is 0.101. The fraction of sp³-hybridized carbons (Fsp3) is 0.0400. The molecule has 8 nitrogen and oxygen atoms in total. The first-order valence-electron chi connectivity index (χ1n) is 10.2. The summed E-state index contributed by atoms with van der Waals surface area (Å²) in [4.78, 5) is 37.5. The number of ether oxygens (including phenoxy) is 1. The lowest BCUT2D eigenvalue weighted by Gasteiger charge is -2.13. The van der Waals surface area contributed by atoms with Crippen molar-refractivity contribution in [2.24, 2.45) is 0 Å². The topological polar surface area (TPSA) is 102 Å². The molecule has 34 heavy (non-hydrogen) atoms. The molecule has 4 rings (SSSR count). The van der Waals surface area contributed by atoms with Crippen molar-refractivity contribution in [3.05, 3.63) is 112 Å². The Morgan fingerprint density at radius 1 is 0.882 bits per heavy atom. The molecule has 0 bridgehead atoms. The number of amides is 2. The third kappa shape index (κ3) is 4.99. The summed E-state index contributed by atoms with van der Waals surface area (Å²) in [6.07, 6.45) is 0. The van der Waals surface area contributed by atoms with Crippen LogP contribution in [-0.2, 0) is 0 Å². The number of carbonyl (C=O) groups excluding carboxylic acids is 2. The van der Waals surface area contributed by atoms with Crippen LogP contribution in [0.15, 0.2) is 89.7 Å². The molecule has 1 aromatic heterocycles. The molecule has 170 valence electrons. The first kappa shape index (κ1) is 22.4. The normalized spacial score (nSPS) is 10.4. The van der Waals surface area contributed by atoms with Crippen LogP contribution in [0.25, 0.3) is 5.69 Å². The molecule has 2 N–H and O–H groups in total. The van der Waals surface area contributed by atoms with Crippen molar-refractivity contribution in [2.75, 3.05) is 17.7 Å². The Morgan fingerprint density at radius 2 is 1.68 bits per heavy atom. The number of carbonyl (C=O) groups is 2. The highest BCUT2D eigenvalue weighted by molar-refractivity contribution is 6.06. The Bertz CT molecular complexity index is 1420. The number of methoxy groups -OCH3 is 1. The van der Waals surface area contributed by atoms with Crippen molar-refractivity contribution in [1.29, 1.82) is 0 Å². The van der Waals surface area contributed by atoms with E-state index < -0.39 is 17.6 Å². The molecule has 0 saturated heterocycles. The van der Waals surface area contributed by atoms with E-state index >= 15 is 0 Å². The highest BCUT2D eigenvalue weighted by Crippen LogP contribution is 2.28. The zero-order chi connectivity index (χ0) is 24.1. The fourth-order valence-corrected chi connectivity index (χ4v) is 3.19. The predicted molar refractivity (Wildman–Crippen MR) is 125 cm³/mol. The number of nitrogens with one attached hydrogen (secondary N) is 2. The molecule has 0 unspecified atom stereocenters. The molecule has 3 aromatic carbocycles. The summed E-state index contributed by atoms with van der Waals surface area (Å²) in [6.45, 7) is 0. The number of halogens is 1. The van der Waals surface area contributed by atoms with E-state index in [1.165, 1.54) is 43.5 Å². The molecule has 0 saturated carbocycles. The summed E-state index contributed by atoms with van der Waals surface area (Å²) in [5.41, 5.74) is 0.911. The van der Waals surface area contributed by atoms with Crippen molar-refractivity contribution in [3.63, 3.8) is 0 Å². The molecule has 4 aromatic rings. The first-order valence-corrected chi connectivity index (χ1v) is 10.2. The van der Waals surface area contributed by atoms with Crippen LogP contribution in [0.4, 0.5) is 15.8 Å². The molecule has 0 aliphatic rings. The van der Waals surface area contributed by atoms with Crippen molar-refractivity contribution in [1.82, 2.24) is 9.78 Å². The van der Waals surface area contributed by atoms with Crippen LogP contribution in [0.3, 0.4) is 0 Å². The number of rotatable bonds is 6. The third-order valence-electron chi connectivity index (χ3n) is 4.83. The van der Waals surface area contributed by atoms with Gasteiger partial charge in [-0.25, -0.2) is 4.39 Å². The standard InChI is InChI=1S/C25H19FN4O4/c1-34-22-12-10-18(15-21(22)28-24(32)16-6-5-7-17(26)14-16)27-25(33)20-11-13-23(31)30(29-20)19-8-3-2-4-9-19/h2-15H,1H3,(H,27,33)(H,28,32). The molecule has 1 heterocycles. The molecule has 0 spiro atoms. The first-order chi connectivity index (χ1) is 16.4. The average Bonchev–Trinajstić information content (AvgIpc) is 2.85. The van der Waals surface area contributed by atoms with Gasteiger partial charge < -0.3 is 15.4 Å². The van der Waals surface area contributed by atoms with Gasteiger partial charge in [-0.2, -0.15) is 9.78 Å². The number of anilines is 2. The van der Waals surface area contributed by atoms with Gasteiger partial charge in [-0.3, -0.25) is 14.4 Å². The summed E-state index contributed by atoms with van der Waals surface area (Å²) >= 11 is 0. The minimum absolute atomic E-state index is 0.0182. The molecular formula is C25H19FN4O4. The van der Waals surface area contributed by atoms with Gasteiger partial charge in [-0.1, -0.05) is 24.3 Å². The van der Waals surface area contributed by atoms with E-state index in [1.807, 2.05) is 0 Å². The number of benzene rings is 3. The van der Waals surface area contributed by atoms with E-state index in [9.17, 15) is 18.8 Å². The van der Waals surface area contributed by atoms with Crippen LogP contribution >= 0.6 is 0 Å². The van der Waals surface area contributed by atoms with E-state index in [-0.39, 0.29) is 22.5 Å². The van der Waals surface area contributed by atoms with Gasteiger partial charge in [0.15, 0.2) is 0 Å². The van der Waals surface area contributed by atoms with Crippen molar-refractivity contribution in [3.8, 4) is 11.4 Å². The molecule has 0 radical (unpaired) electrons. The smallest absolute Gasteiger partial charge is 0.276 e. The number of nitrogens with zero attached hydrogens (tertiary/aromatic N) is 2. The van der Waals surface area contributed by atoms with Crippen LogP contribution < -0.4 is 20.9 Å². The SMILES string of the molecule is COc1ccc(NC(=O)c2ccc(=O)n(-c3ccccc3)n2)cc1NC(=O)c1cccc(F)c1.